The van der Waals surface area contributed by atoms with Gasteiger partial charge in [0, 0.05) is 37.6 Å². The highest BCUT2D eigenvalue weighted by atomic mass is 16.5. The van der Waals surface area contributed by atoms with Crippen LogP contribution >= 0.6 is 0 Å². The number of ether oxygens (including phenoxy) is 2. The molecule has 4 aromatic carbocycles. The summed E-state index contributed by atoms with van der Waals surface area (Å²) in [4.78, 5) is 4.83. The smallest absolute Gasteiger partial charge is 0.119 e. The fraction of sp³-hybridized carbons (Fsp3) is 0.333. The van der Waals surface area contributed by atoms with Crippen molar-refractivity contribution in [3.05, 3.63) is 97.1 Å². The minimum Gasteiger partial charge on any atom is -0.494 e. The zero-order valence-electron chi connectivity index (χ0n) is 25.8. The SMILES string of the molecule is CCCCOc1ccc(/N=N/c2ccc(N3CCN(c4ccc(/N=N/c5ccc(OCCCC)cc5)cc4)CC3)cc2)cc1. The first kappa shape index (κ1) is 30.7. The Morgan fingerprint density at radius 3 is 1.05 bits per heavy atom. The van der Waals surface area contributed by atoms with E-state index in [-0.39, 0.29) is 0 Å². The van der Waals surface area contributed by atoms with Gasteiger partial charge in [-0.3, -0.25) is 0 Å². The molecule has 8 nitrogen and oxygen atoms in total. The monoisotopic (exact) mass is 590 g/mol. The Labute approximate surface area is 261 Å². The fourth-order valence-electron chi connectivity index (χ4n) is 4.80. The van der Waals surface area contributed by atoms with E-state index in [0.29, 0.717) is 0 Å². The Morgan fingerprint density at radius 2 is 0.750 bits per heavy atom. The van der Waals surface area contributed by atoms with Gasteiger partial charge < -0.3 is 19.3 Å². The molecule has 8 heteroatoms. The molecule has 0 radical (unpaired) electrons. The highest BCUT2D eigenvalue weighted by Gasteiger charge is 2.17. The number of rotatable bonds is 14. The Bertz CT molecular complexity index is 1350. The number of hydrogen-bond donors (Lipinski definition) is 0. The maximum absolute atomic E-state index is 5.72. The van der Waals surface area contributed by atoms with Crippen molar-refractivity contribution in [1.82, 2.24) is 0 Å². The number of nitrogens with zero attached hydrogens (tertiary/aromatic N) is 6. The minimum absolute atomic E-state index is 0.742. The second-order valence-electron chi connectivity index (χ2n) is 10.8. The van der Waals surface area contributed by atoms with E-state index in [1.54, 1.807) is 0 Å². The van der Waals surface area contributed by atoms with Crippen molar-refractivity contribution in [1.29, 1.82) is 0 Å². The molecule has 1 fully saturated rings. The van der Waals surface area contributed by atoms with Gasteiger partial charge in [-0.25, -0.2) is 0 Å². The van der Waals surface area contributed by atoms with Crippen LogP contribution in [0.2, 0.25) is 0 Å². The van der Waals surface area contributed by atoms with Crippen LogP contribution in [0.25, 0.3) is 0 Å². The lowest BCUT2D eigenvalue weighted by molar-refractivity contribution is 0.309. The van der Waals surface area contributed by atoms with Gasteiger partial charge in [0.15, 0.2) is 0 Å². The summed E-state index contributed by atoms with van der Waals surface area (Å²) in [6.07, 6.45) is 4.36. The largest absolute Gasteiger partial charge is 0.494 e. The Hall–Kier alpha value is -4.72. The van der Waals surface area contributed by atoms with Crippen LogP contribution in [0.5, 0.6) is 11.5 Å². The van der Waals surface area contributed by atoms with Crippen molar-refractivity contribution in [3.8, 4) is 11.5 Å². The molecular formula is C36H42N6O2. The summed E-state index contributed by atoms with van der Waals surface area (Å²) in [7, 11) is 0. The van der Waals surface area contributed by atoms with Gasteiger partial charge in [0.2, 0.25) is 0 Å². The van der Waals surface area contributed by atoms with E-state index in [1.165, 1.54) is 11.4 Å². The molecule has 4 aromatic rings. The van der Waals surface area contributed by atoms with Crippen molar-refractivity contribution in [2.45, 2.75) is 39.5 Å². The Balaban J connectivity index is 1.07. The molecule has 0 unspecified atom stereocenters. The molecule has 0 aromatic heterocycles. The highest BCUT2D eigenvalue weighted by molar-refractivity contribution is 5.57. The molecule has 1 saturated heterocycles. The van der Waals surface area contributed by atoms with E-state index in [9.17, 15) is 0 Å². The van der Waals surface area contributed by atoms with E-state index >= 15 is 0 Å². The van der Waals surface area contributed by atoms with Crippen molar-refractivity contribution < 1.29 is 9.47 Å². The summed E-state index contributed by atoms with van der Waals surface area (Å²) in [6, 6.07) is 32.1. The average molecular weight is 591 g/mol. The molecule has 0 bridgehead atoms. The number of anilines is 2. The zero-order chi connectivity index (χ0) is 30.4. The summed E-state index contributed by atoms with van der Waals surface area (Å²) in [5.74, 6) is 1.74. The third-order valence-electron chi connectivity index (χ3n) is 7.48. The summed E-state index contributed by atoms with van der Waals surface area (Å²) < 4.78 is 11.4. The maximum Gasteiger partial charge on any atom is 0.119 e. The first-order chi connectivity index (χ1) is 21.7. The predicted molar refractivity (Wildman–Crippen MR) is 179 cm³/mol. The van der Waals surface area contributed by atoms with Crippen molar-refractivity contribution in [2.75, 3.05) is 49.2 Å². The molecule has 0 atom stereocenters. The average Bonchev–Trinajstić information content (AvgIpc) is 3.08. The van der Waals surface area contributed by atoms with E-state index < -0.39 is 0 Å². The van der Waals surface area contributed by atoms with Gasteiger partial charge in [0.05, 0.1) is 36.0 Å². The molecule has 1 aliphatic rings. The quantitative estimate of drug-likeness (QED) is 0.108. The molecule has 0 aliphatic carbocycles. The van der Waals surface area contributed by atoms with Crippen molar-refractivity contribution in [3.63, 3.8) is 0 Å². The molecule has 0 saturated carbocycles. The summed E-state index contributed by atoms with van der Waals surface area (Å²) >= 11 is 0. The molecule has 5 rings (SSSR count). The number of unbranched alkanes of at least 4 members (excludes halogenated alkanes) is 2. The molecule has 0 spiro atoms. The predicted octanol–water partition coefficient (Wildman–Crippen LogP) is 10.2. The number of hydrogen-bond acceptors (Lipinski definition) is 8. The third kappa shape index (κ3) is 9.14. The molecule has 0 N–H and O–H groups in total. The Kier molecular flexibility index (Phi) is 11.3. The first-order valence-corrected chi connectivity index (χ1v) is 15.7. The molecule has 1 heterocycles. The molecule has 44 heavy (non-hydrogen) atoms. The van der Waals surface area contributed by atoms with Crippen molar-refractivity contribution >= 4 is 34.1 Å². The summed E-state index contributed by atoms with van der Waals surface area (Å²) in [5, 5.41) is 17.6. The van der Waals surface area contributed by atoms with Crippen LogP contribution in [0.3, 0.4) is 0 Å². The zero-order valence-corrected chi connectivity index (χ0v) is 25.8. The molecular weight excluding hydrogens is 548 g/mol. The number of benzene rings is 4. The van der Waals surface area contributed by atoms with E-state index in [1.807, 2.05) is 72.8 Å². The van der Waals surface area contributed by atoms with Crippen LogP contribution in [-0.4, -0.2) is 39.4 Å². The minimum atomic E-state index is 0.742. The second kappa shape index (κ2) is 16.2. The number of azo groups is 2. The fourth-order valence-corrected chi connectivity index (χ4v) is 4.80. The van der Waals surface area contributed by atoms with Crippen LogP contribution in [-0.2, 0) is 0 Å². The third-order valence-corrected chi connectivity index (χ3v) is 7.48. The van der Waals surface area contributed by atoms with Crippen LogP contribution < -0.4 is 19.3 Å². The van der Waals surface area contributed by atoms with Crippen LogP contribution in [0.1, 0.15) is 39.5 Å². The lowest BCUT2D eigenvalue weighted by Crippen LogP contribution is -2.46. The molecule has 0 amide bonds. The van der Waals surface area contributed by atoms with Gasteiger partial charge >= 0.3 is 0 Å². The van der Waals surface area contributed by atoms with Crippen LogP contribution in [0.15, 0.2) is 118 Å². The summed E-state index contributed by atoms with van der Waals surface area (Å²) in [5.41, 5.74) is 5.69. The van der Waals surface area contributed by atoms with Crippen LogP contribution in [0.4, 0.5) is 34.1 Å². The first-order valence-electron chi connectivity index (χ1n) is 15.7. The summed E-state index contributed by atoms with van der Waals surface area (Å²) in [6.45, 7) is 9.60. The molecule has 1 aliphatic heterocycles. The van der Waals surface area contributed by atoms with Gasteiger partial charge in [-0.05, 0) is 110 Å². The Morgan fingerprint density at radius 1 is 0.455 bits per heavy atom. The van der Waals surface area contributed by atoms with Gasteiger partial charge in [-0.2, -0.15) is 20.5 Å². The van der Waals surface area contributed by atoms with E-state index in [4.69, 9.17) is 9.47 Å². The number of piperazine rings is 1. The van der Waals surface area contributed by atoms with Gasteiger partial charge in [-0.1, -0.05) is 26.7 Å². The van der Waals surface area contributed by atoms with E-state index in [0.717, 1.165) is 99.3 Å². The van der Waals surface area contributed by atoms with E-state index in [2.05, 4.69) is 68.4 Å². The van der Waals surface area contributed by atoms with Gasteiger partial charge in [0.25, 0.3) is 0 Å². The highest BCUT2D eigenvalue weighted by Crippen LogP contribution is 2.27. The topological polar surface area (TPSA) is 74.4 Å². The van der Waals surface area contributed by atoms with Crippen LogP contribution in [0, 0.1) is 0 Å². The normalized spacial score (nSPS) is 13.6. The second-order valence-corrected chi connectivity index (χ2v) is 10.8. The standard InChI is InChI=1S/C36H42N6O2/c1-3-5-27-43-35-19-11-31(12-20-35)39-37-29-7-15-33(16-8-29)41-23-25-42(26-24-41)34-17-9-30(10-18-34)38-40-32-13-21-36(22-14-32)44-28-6-4-2/h7-22H,3-6,23-28H2,1-2H3/b39-37+,40-38+. The molecule has 228 valence electrons. The lowest BCUT2D eigenvalue weighted by atomic mass is 10.2. The lowest BCUT2D eigenvalue weighted by Gasteiger charge is -2.37. The maximum atomic E-state index is 5.72. The van der Waals surface area contributed by atoms with Gasteiger partial charge in [0.1, 0.15) is 11.5 Å². The van der Waals surface area contributed by atoms with Crippen molar-refractivity contribution in [2.24, 2.45) is 20.5 Å². The van der Waals surface area contributed by atoms with Gasteiger partial charge in [-0.15, -0.1) is 0 Å².